The van der Waals surface area contributed by atoms with Gasteiger partial charge in [-0.15, -0.1) is 0 Å². The van der Waals surface area contributed by atoms with E-state index in [-0.39, 0.29) is 11.2 Å². The normalized spacial score (nSPS) is 12.3. The highest BCUT2D eigenvalue weighted by atomic mass is 16.5. The zero-order chi connectivity index (χ0) is 14.1. The largest absolute Gasteiger partial charge is 0.375 e. The number of hydrogen-bond acceptors (Lipinski definition) is 4. The molecule has 0 saturated heterocycles. The summed E-state index contributed by atoms with van der Waals surface area (Å²) in [6.07, 6.45) is 1.63. The summed E-state index contributed by atoms with van der Waals surface area (Å²) < 4.78 is 11.4. The highest BCUT2D eigenvalue weighted by Gasteiger charge is 2.21. The van der Waals surface area contributed by atoms with Crippen LogP contribution in [0.3, 0.4) is 0 Å². The van der Waals surface area contributed by atoms with Gasteiger partial charge in [-0.05, 0) is 52.6 Å². The fourth-order valence-electron chi connectivity index (χ4n) is 1.47. The molecular formula is C12H26N4O2. The Morgan fingerprint density at radius 1 is 1.06 bits per heavy atom. The van der Waals surface area contributed by atoms with E-state index in [2.05, 4.69) is 10.0 Å². The second-order valence-corrected chi connectivity index (χ2v) is 5.46. The molecule has 0 aromatic carbocycles. The molecule has 0 amide bonds. The van der Waals surface area contributed by atoms with Crippen LogP contribution in [0.2, 0.25) is 0 Å². The van der Waals surface area contributed by atoms with Crippen LogP contribution in [-0.4, -0.2) is 37.5 Å². The van der Waals surface area contributed by atoms with Gasteiger partial charge < -0.3 is 15.2 Å². The standard InChI is InChI=1S/C12H26N4O2/c1-11(2,5-7-13)17-9-6-12(3,4)18-10-8-15-16-14/h5-10,13H2,1-4H3. The van der Waals surface area contributed by atoms with Gasteiger partial charge in [0.15, 0.2) is 0 Å². The third kappa shape index (κ3) is 9.24. The van der Waals surface area contributed by atoms with Gasteiger partial charge in [0.2, 0.25) is 0 Å². The molecule has 106 valence electrons. The molecule has 0 spiro atoms. The van der Waals surface area contributed by atoms with Crippen LogP contribution < -0.4 is 5.73 Å². The monoisotopic (exact) mass is 258 g/mol. The molecule has 0 aliphatic heterocycles. The summed E-state index contributed by atoms with van der Waals surface area (Å²) in [5, 5.41) is 3.43. The second-order valence-electron chi connectivity index (χ2n) is 5.46. The minimum absolute atomic E-state index is 0.185. The quantitative estimate of drug-likeness (QED) is 0.282. The summed E-state index contributed by atoms with van der Waals surface area (Å²) >= 11 is 0. The van der Waals surface area contributed by atoms with Crippen molar-refractivity contribution in [3.8, 4) is 0 Å². The number of nitrogens with two attached hydrogens (primary N) is 1. The highest BCUT2D eigenvalue weighted by Crippen LogP contribution is 2.18. The minimum Gasteiger partial charge on any atom is -0.375 e. The number of rotatable bonds is 10. The Balaban J connectivity index is 3.85. The summed E-state index contributed by atoms with van der Waals surface area (Å²) in [7, 11) is 0. The van der Waals surface area contributed by atoms with Gasteiger partial charge >= 0.3 is 0 Å². The number of nitrogens with zero attached hydrogens (tertiary/aromatic N) is 3. The fraction of sp³-hybridized carbons (Fsp3) is 1.00. The fourth-order valence-corrected chi connectivity index (χ4v) is 1.47. The zero-order valence-corrected chi connectivity index (χ0v) is 12.0. The van der Waals surface area contributed by atoms with Crippen LogP contribution in [0.1, 0.15) is 40.5 Å². The average molecular weight is 258 g/mol. The smallest absolute Gasteiger partial charge is 0.0648 e. The van der Waals surface area contributed by atoms with Crippen molar-refractivity contribution in [3.05, 3.63) is 10.4 Å². The summed E-state index contributed by atoms with van der Waals surface area (Å²) in [4.78, 5) is 2.68. The summed E-state index contributed by atoms with van der Waals surface area (Å²) in [5.41, 5.74) is 13.2. The van der Waals surface area contributed by atoms with E-state index in [0.717, 1.165) is 12.8 Å². The van der Waals surface area contributed by atoms with Gasteiger partial charge in [-0.3, -0.25) is 0 Å². The lowest BCUT2D eigenvalue weighted by molar-refractivity contribution is -0.0717. The maximum Gasteiger partial charge on any atom is 0.0648 e. The van der Waals surface area contributed by atoms with Crippen molar-refractivity contribution >= 4 is 0 Å². The van der Waals surface area contributed by atoms with Crippen molar-refractivity contribution in [1.82, 2.24) is 0 Å². The lowest BCUT2D eigenvalue weighted by atomic mass is 10.0. The zero-order valence-electron chi connectivity index (χ0n) is 12.0. The first-order chi connectivity index (χ1) is 8.33. The molecule has 0 radical (unpaired) electrons. The molecule has 0 fully saturated rings. The predicted molar refractivity (Wildman–Crippen MR) is 72.4 cm³/mol. The molecular weight excluding hydrogens is 232 g/mol. The van der Waals surface area contributed by atoms with E-state index < -0.39 is 0 Å². The lowest BCUT2D eigenvalue weighted by Gasteiger charge is -2.29. The van der Waals surface area contributed by atoms with E-state index in [1.54, 1.807) is 0 Å². The van der Waals surface area contributed by atoms with Crippen LogP contribution >= 0.6 is 0 Å². The Labute approximate surface area is 109 Å². The van der Waals surface area contributed by atoms with Crippen LogP contribution in [0.4, 0.5) is 0 Å². The first kappa shape index (κ1) is 17.2. The SMILES string of the molecule is CC(C)(CCN)OCCC(C)(C)OCCN=[N+]=[N-]. The first-order valence-corrected chi connectivity index (χ1v) is 6.32. The molecule has 0 rings (SSSR count). The van der Waals surface area contributed by atoms with Gasteiger partial charge in [0.1, 0.15) is 0 Å². The summed E-state index contributed by atoms with van der Waals surface area (Å²) in [5.74, 6) is 0. The summed E-state index contributed by atoms with van der Waals surface area (Å²) in [6, 6.07) is 0. The molecule has 0 aliphatic carbocycles. The van der Waals surface area contributed by atoms with Crippen molar-refractivity contribution in [3.63, 3.8) is 0 Å². The molecule has 18 heavy (non-hydrogen) atoms. The molecule has 0 unspecified atom stereocenters. The molecule has 0 aromatic heterocycles. The molecule has 0 saturated carbocycles. The molecule has 0 heterocycles. The summed E-state index contributed by atoms with van der Waals surface area (Å²) in [6.45, 7) is 10.1. The minimum atomic E-state index is -0.274. The van der Waals surface area contributed by atoms with Gasteiger partial charge in [0.25, 0.3) is 0 Å². The number of hydrogen-bond donors (Lipinski definition) is 1. The van der Waals surface area contributed by atoms with Crippen LogP contribution in [0.15, 0.2) is 5.11 Å². The van der Waals surface area contributed by atoms with Crippen molar-refractivity contribution in [2.45, 2.75) is 51.7 Å². The predicted octanol–water partition coefficient (Wildman–Crippen LogP) is 2.63. The molecule has 2 N–H and O–H groups in total. The third-order valence-electron chi connectivity index (χ3n) is 2.69. The second kappa shape index (κ2) is 8.32. The van der Waals surface area contributed by atoms with E-state index in [0.29, 0.717) is 26.3 Å². The van der Waals surface area contributed by atoms with Crippen molar-refractivity contribution in [1.29, 1.82) is 0 Å². The Hall–Kier alpha value is -0.810. The van der Waals surface area contributed by atoms with Crippen LogP contribution in [0, 0.1) is 0 Å². The Morgan fingerprint density at radius 2 is 1.61 bits per heavy atom. The van der Waals surface area contributed by atoms with Crippen LogP contribution in [-0.2, 0) is 9.47 Å². The first-order valence-electron chi connectivity index (χ1n) is 6.32. The Bertz CT molecular complexity index is 273. The van der Waals surface area contributed by atoms with Crippen molar-refractivity contribution in [2.75, 3.05) is 26.3 Å². The molecule has 0 aromatic rings. The van der Waals surface area contributed by atoms with E-state index in [9.17, 15) is 0 Å². The van der Waals surface area contributed by atoms with Gasteiger partial charge in [-0.1, -0.05) is 5.11 Å². The average Bonchev–Trinajstić information content (AvgIpc) is 2.23. The van der Waals surface area contributed by atoms with Crippen LogP contribution in [0.25, 0.3) is 10.4 Å². The Morgan fingerprint density at radius 3 is 2.17 bits per heavy atom. The molecule has 6 nitrogen and oxygen atoms in total. The van der Waals surface area contributed by atoms with E-state index >= 15 is 0 Å². The molecule has 0 aliphatic rings. The van der Waals surface area contributed by atoms with E-state index in [1.165, 1.54) is 0 Å². The molecule has 0 bridgehead atoms. The highest BCUT2D eigenvalue weighted by molar-refractivity contribution is 4.72. The molecule has 0 atom stereocenters. The third-order valence-corrected chi connectivity index (χ3v) is 2.69. The van der Waals surface area contributed by atoms with Crippen molar-refractivity contribution in [2.24, 2.45) is 10.8 Å². The number of azide groups is 1. The van der Waals surface area contributed by atoms with Crippen LogP contribution in [0.5, 0.6) is 0 Å². The van der Waals surface area contributed by atoms with Crippen molar-refractivity contribution < 1.29 is 9.47 Å². The van der Waals surface area contributed by atoms with E-state index in [1.807, 2.05) is 27.7 Å². The van der Waals surface area contributed by atoms with E-state index in [4.69, 9.17) is 20.7 Å². The maximum absolute atomic E-state index is 8.15. The maximum atomic E-state index is 8.15. The van der Waals surface area contributed by atoms with Gasteiger partial charge in [0, 0.05) is 11.5 Å². The lowest BCUT2D eigenvalue weighted by Crippen LogP contribution is -2.32. The van der Waals surface area contributed by atoms with Gasteiger partial charge in [-0.25, -0.2) is 0 Å². The van der Waals surface area contributed by atoms with Gasteiger partial charge in [0.05, 0.1) is 24.4 Å². The van der Waals surface area contributed by atoms with Gasteiger partial charge in [-0.2, -0.15) is 0 Å². The molecule has 6 heteroatoms. The Kier molecular flexibility index (Phi) is 7.95. The number of ether oxygens (including phenoxy) is 2. The topological polar surface area (TPSA) is 93.2 Å².